The number of ether oxygens (including phenoxy) is 2. The first-order valence-corrected chi connectivity index (χ1v) is 12.4. The second kappa shape index (κ2) is 11.3. The van der Waals surface area contributed by atoms with Gasteiger partial charge in [-0.05, 0) is 39.0 Å². The number of nitrogens with two attached hydrogens (primary N) is 1. The molecule has 1 aliphatic rings. The van der Waals surface area contributed by atoms with Gasteiger partial charge in [0.15, 0.2) is 6.23 Å². The average molecular weight is 512 g/mol. The molecule has 0 aliphatic carbocycles. The lowest BCUT2D eigenvalue weighted by Gasteiger charge is -2.25. The molecule has 5 N–H and O–H groups in total. The lowest BCUT2D eigenvalue weighted by molar-refractivity contribution is -0.149. The van der Waals surface area contributed by atoms with Crippen molar-refractivity contribution in [1.82, 2.24) is 14.6 Å². The summed E-state index contributed by atoms with van der Waals surface area (Å²) in [4.78, 5) is 27.9. The van der Waals surface area contributed by atoms with Crippen molar-refractivity contribution in [2.24, 2.45) is 0 Å². The Hall–Kier alpha value is -2.80. The molecule has 0 amide bonds. The number of esters is 1. The highest BCUT2D eigenvalue weighted by Crippen LogP contribution is 2.46. The van der Waals surface area contributed by atoms with Crippen LogP contribution < -0.4 is 21.0 Å². The Bertz CT molecular complexity index is 1110. The first-order valence-electron chi connectivity index (χ1n) is 10.8. The van der Waals surface area contributed by atoms with Gasteiger partial charge in [0.1, 0.15) is 35.9 Å². The predicted molar refractivity (Wildman–Crippen MR) is 123 cm³/mol. The summed E-state index contributed by atoms with van der Waals surface area (Å²) in [5, 5.41) is 23.4. The average Bonchev–Trinajstić information content (AvgIpc) is 3.06. The smallest absolute Gasteiger partial charge is 0.459 e. The maximum absolute atomic E-state index is 13.5. The van der Waals surface area contributed by atoms with E-state index in [2.05, 4.69) is 10.1 Å². The molecule has 0 radical (unpaired) electrons. The third-order valence-corrected chi connectivity index (χ3v) is 6.54. The number of anilines is 1. The topological polar surface area (TPSA) is 184 Å². The van der Waals surface area contributed by atoms with Crippen LogP contribution in [0.5, 0.6) is 5.75 Å². The van der Waals surface area contributed by atoms with Gasteiger partial charge >= 0.3 is 19.4 Å². The summed E-state index contributed by atoms with van der Waals surface area (Å²) in [5.41, 5.74) is 4.69. The summed E-state index contributed by atoms with van der Waals surface area (Å²) in [6.45, 7) is 4.25. The van der Waals surface area contributed by atoms with Crippen LogP contribution in [0.1, 0.15) is 27.0 Å². The Labute approximate surface area is 201 Å². The minimum atomic E-state index is -4.22. The molecule has 14 heteroatoms. The van der Waals surface area contributed by atoms with Gasteiger partial charge in [0.05, 0.1) is 12.7 Å². The van der Waals surface area contributed by atoms with Crippen molar-refractivity contribution in [3.05, 3.63) is 53.1 Å². The van der Waals surface area contributed by atoms with Crippen LogP contribution in [-0.2, 0) is 23.4 Å². The maximum Gasteiger partial charge on any atom is 0.459 e. The summed E-state index contributed by atoms with van der Waals surface area (Å²) in [6.07, 6.45) is -4.64. The molecule has 13 nitrogen and oxygen atoms in total. The van der Waals surface area contributed by atoms with Gasteiger partial charge in [-0.25, -0.2) is 9.36 Å². The molecule has 1 aromatic heterocycles. The van der Waals surface area contributed by atoms with E-state index >= 15 is 0 Å². The molecule has 1 fully saturated rings. The minimum absolute atomic E-state index is 0.0191. The minimum Gasteiger partial charge on any atom is -0.462 e. The first kappa shape index (κ1) is 26.8. The number of nitrogens with one attached hydrogen (secondary N) is 1. The molecule has 1 saturated heterocycles. The molecule has 0 bridgehead atoms. The van der Waals surface area contributed by atoms with E-state index < -0.39 is 62.7 Å². The number of rotatable bonds is 10. The zero-order valence-corrected chi connectivity index (χ0v) is 20.3. The number of aromatic nitrogens is 2. The van der Waals surface area contributed by atoms with Crippen LogP contribution in [-0.4, -0.2) is 62.8 Å². The fourth-order valence-corrected chi connectivity index (χ4v) is 4.72. The van der Waals surface area contributed by atoms with Crippen molar-refractivity contribution < 1.29 is 38.1 Å². The van der Waals surface area contributed by atoms with Gasteiger partial charge in [-0.15, -0.1) is 0 Å². The summed E-state index contributed by atoms with van der Waals surface area (Å²) in [7, 11) is -4.22. The molecule has 3 rings (SSSR count). The van der Waals surface area contributed by atoms with Crippen molar-refractivity contribution in [3.8, 4) is 5.75 Å². The van der Waals surface area contributed by atoms with Gasteiger partial charge in [-0.2, -0.15) is 10.1 Å². The fraction of sp³-hybridized carbons (Fsp3) is 0.476. The molecule has 0 spiro atoms. The molecule has 6 unspecified atom stereocenters. The Morgan fingerprint density at radius 2 is 1.91 bits per heavy atom. The number of hydrogen-bond donors (Lipinski definition) is 4. The Kier molecular flexibility index (Phi) is 8.65. The van der Waals surface area contributed by atoms with Gasteiger partial charge in [-0.3, -0.25) is 13.9 Å². The van der Waals surface area contributed by atoms with Gasteiger partial charge in [0.25, 0.3) is 0 Å². The van der Waals surface area contributed by atoms with E-state index in [1.807, 2.05) is 0 Å². The van der Waals surface area contributed by atoms with Crippen molar-refractivity contribution in [3.63, 3.8) is 0 Å². The highest BCUT2D eigenvalue weighted by Gasteiger charge is 2.45. The van der Waals surface area contributed by atoms with E-state index in [0.29, 0.717) is 0 Å². The molecule has 1 aliphatic heterocycles. The van der Waals surface area contributed by atoms with E-state index in [-0.39, 0.29) is 11.6 Å². The summed E-state index contributed by atoms with van der Waals surface area (Å²) in [6, 6.07) is 8.37. The SMILES string of the molecule is CC(C)OC(=O)C(C)NP(=O)(OCC1OC(n2ccc(N)nc2=O)C(O)C1O)Oc1ccccc1. The van der Waals surface area contributed by atoms with Crippen molar-refractivity contribution in [2.45, 2.75) is 57.5 Å². The maximum atomic E-state index is 13.5. The largest absolute Gasteiger partial charge is 0.462 e. The highest BCUT2D eigenvalue weighted by atomic mass is 31.2. The normalized spacial score (nSPS) is 24.6. The van der Waals surface area contributed by atoms with Crippen LogP contribution in [0.2, 0.25) is 0 Å². The van der Waals surface area contributed by atoms with E-state index in [1.54, 1.807) is 32.0 Å². The van der Waals surface area contributed by atoms with Gasteiger partial charge in [0, 0.05) is 6.20 Å². The Balaban J connectivity index is 1.75. The van der Waals surface area contributed by atoms with Crippen molar-refractivity contribution >= 4 is 19.5 Å². The molecule has 192 valence electrons. The number of hydrogen-bond acceptors (Lipinski definition) is 11. The molecule has 35 heavy (non-hydrogen) atoms. The number of benzene rings is 1. The van der Waals surface area contributed by atoms with Gasteiger partial charge < -0.3 is 29.9 Å². The molecular formula is C21H29N4O9P. The number of nitrogen functional groups attached to an aromatic ring is 1. The quantitative estimate of drug-likeness (QED) is 0.257. The van der Waals surface area contributed by atoms with Gasteiger partial charge in [0.2, 0.25) is 0 Å². The van der Waals surface area contributed by atoms with Crippen LogP contribution in [0.25, 0.3) is 0 Å². The monoisotopic (exact) mass is 512 g/mol. The van der Waals surface area contributed by atoms with E-state index in [0.717, 1.165) is 4.57 Å². The molecule has 6 atom stereocenters. The highest BCUT2D eigenvalue weighted by molar-refractivity contribution is 7.52. The molecule has 2 heterocycles. The fourth-order valence-electron chi connectivity index (χ4n) is 3.22. The van der Waals surface area contributed by atoms with Gasteiger partial charge in [-0.1, -0.05) is 18.2 Å². The summed E-state index contributed by atoms with van der Waals surface area (Å²) in [5.74, 6) is -0.504. The predicted octanol–water partition coefficient (Wildman–Crippen LogP) is 0.578. The number of aliphatic hydroxyl groups is 2. The lowest BCUT2D eigenvalue weighted by Crippen LogP contribution is -2.38. The Morgan fingerprint density at radius 3 is 2.54 bits per heavy atom. The molecule has 2 aromatic rings. The van der Waals surface area contributed by atoms with Crippen LogP contribution in [0, 0.1) is 0 Å². The van der Waals surface area contributed by atoms with Crippen LogP contribution in [0.3, 0.4) is 0 Å². The molecular weight excluding hydrogens is 483 g/mol. The third kappa shape index (κ3) is 6.88. The second-order valence-corrected chi connectivity index (χ2v) is 9.82. The third-order valence-electron chi connectivity index (χ3n) is 4.90. The second-order valence-electron chi connectivity index (χ2n) is 8.12. The number of carbonyl (C=O) groups excluding carboxylic acids is 1. The summed E-state index contributed by atoms with van der Waals surface area (Å²) < 4.78 is 36.2. The number of nitrogens with zero attached hydrogens (tertiary/aromatic N) is 2. The Morgan fingerprint density at radius 1 is 1.23 bits per heavy atom. The van der Waals surface area contributed by atoms with E-state index in [1.165, 1.54) is 31.3 Å². The first-order chi connectivity index (χ1) is 16.5. The van der Waals surface area contributed by atoms with Crippen LogP contribution in [0.15, 0.2) is 47.4 Å². The van der Waals surface area contributed by atoms with Crippen LogP contribution >= 0.6 is 7.75 Å². The zero-order chi connectivity index (χ0) is 25.8. The number of para-hydroxylation sites is 1. The lowest BCUT2D eigenvalue weighted by atomic mass is 10.1. The van der Waals surface area contributed by atoms with Crippen molar-refractivity contribution in [2.75, 3.05) is 12.3 Å². The molecule has 1 aromatic carbocycles. The van der Waals surface area contributed by atoms with Crippen LogP contribution in [0.4, 0.5) is 5.82 Å². The molecule has 0 saturated carbocycles. The standard InChI is InChI=1S/C21H29N4O9P/c1-12(2)32-20(28)13(3)24-35(30,34-14-7-5-4-6-8-14)31-11-15-17(26)18(27)19(33-15)25-10-9-16(22)23-21(25)29/h4-10,12-13,15,17-19,26-27H,11H2,1-3H3,(H,24,30)(H2,22,23,29). The summed E-state index contributed by atoms with van der Waals surface area (Å²) >= 11 is 0. The van der Waals surface area contributed by atoms with Crippen molar-refractivity contribution in [1.29, 1.82) is 0 Å². The number of aliphatic hydroxyl groups excluding tert-OH is 2. The van der Waals surface area contributed by atoms with E-state index in [4.69, 9.17) is 24.3 Å². The number of carbonyl (C=O) groups is 1. The van der Waals surface area contributed by atoms with E-state index in [9.17, 15) is 24.4 Å². The zero-order valence-electron chi connectivity index (χ0n) is 19.4.